The number of nitrogens with one attached hydrogen (secondary N) is 1. The van der Waals surface area contributed by atoms with Crippen LogP contribution in [0.1, 0.15) is 31.2 Å². The van der Waals surface area contributed by atoms with Crippen molar-refractivity contribution in [1.82, 2.24) is 5.32 Å². The van der Waals surface area contributed by atoms with Gasteiger partial charge in [0.05, 0.1) is 0 Å². The zero-order chi connectivity index (χ0) is 16.3. The highest BCUT2D eigenvalue weighted by Crippen LogP contribution is 2.29. The lowest BCUT2D eigenvalue weighted by Gasteiger charge is -2.29. The summed E-state index contributed by atoms with van der Waals surface area (Å²) in [6.07, 6.45) is -1.91. The van der Waals surface area contributed by atoms with Crippen LogP contribution in [0, 0.1) is 11.7 Å². The van der Waals surface area contributed by atoms with Crippen molar-refractivity contribution in [3.8, 4) is 0 Å². The van der Waals surface area contributed by atoms with Gasteiger partial charge < -0.3 is 11.1 Å². The molecule has 0 heterocycles. The summed E-state index contributed by atoms with van der Waals surface area (Å²) >= 11 is 0. The van der Waals surface area contributed by atoms with E-state index in [4.69, 9.17) is 5.73 Å². The van der Waals surface area contributed by atoms with Crippen LogP contribution in [0.15, 0.2) is 18.2 Å². The molecule has 7 heteroatoms. The highest BCUT2D eigenvalue weighted by molar-refractivity contribution is 5.81. The van der Waals surface area contributed by atoms with Crippen LogP contribution in [-0.4, -0.2) is 18.1 Å². The number of nitrogen functional groups attached to an aromatic ring is 1. The van der Waals surface area contributed by atoms with Crippen molar-refractivity contribution in [1.29, 1.82) is 0 Å². The fourth-order valence-electron chi connectivity index (χ4n) is 2.84. The summed E-state index contributed by atoms with van der Waals surface area (Å²) in [5.74, 6) is -2.00. The highest BCUT2D eigenvalue weighted by Gasteiger charge is 2.40. The Labute approximate surface area is 125 Å². The molecule has 122 valence electrons. The number of halogens is 4. The van der Waals surface area contributed by atoms with Crippen molar-refractivity contribution in [3.05, 3.63) is 29.6 Å². The lowest BCUT2D eigenvalue weighted by molar-refractivity contribution is -0.174. The molecule has 0 bridgehead atoms. The van der Waals surface area contributed by atoms with E-state index in [-0.39, 0.29) is 11.7 Å². The van der Waals surface area contributed by atoms with E-state index in [9.17, 15) is 22.4 Å². The smallest absolute Gasteiger partial charge is 0.399 e. The minimum atomic E-state index is -4.84. The van der Waals surface area contributed by atoms with Crippen LogP contribution >= 0.6 is 0 Å². The van der Waals surface area contributed by atoms with Crippen LogP contribution in [-0.2, 0) is 11.2 Å². The van der Waals surface area contributed by atoms with Gasteiger partial charge >= 0.3 is 12.1 Å². The van der Waals surface area contributed by atoms with Gasteiger partial charge in [-0.1, -0.05) is 0 Å². The SMILES string of the molecule is Nc1ccc(F)cc1C[C@H]1CC[C@H](NC(=O)C(F)(F)F)CC1. The molecular formula is C15H18F4N2O. The first-order valence-electron chi connectivity index (χ1n) is 7.17. The van der Waals surface area contributed by atoms with Gasteiger partial charge in [-0.2, -0.15) is 13.2 Å². The zero-order valence-electron chi connectivity index (χ0n) is 11.9. The van der Waals surface area contributed by atoms with Crippen molar-refractivity contribution in [2.75, 3.05) is 5.73 Å². The van der Waals surface area contributed by atoms with E-state index in [2.05, 4.69) is 0 Å². The molecule has 0 aromatic heterocycles. The minimum absolute atomic E-state index is 0.239. The molecular weight excluding hydrogens is 300 g/mol. The average molecular weight is 318 g/mol. The van der Waals surface area contributed by atoms with E-state index >= 15 is 0 Å². The second kappa shape index (κ2) is 6.54. The lowest BCUT2D eigenvalue weighted by Crippen LogP contribution is -2.44. The van der Waals surface area contributed by atoms with Crippen molar-refractivity contribution in [2.24, 2.45) is 5.92 Å². The molecule has 2 rings (SSSR count). The second-order valence-corrected chi connectivity index (χ2v) is 5.74. The Kier molecular flexibility index (Phi) is 4.93. The molecule has 0 spiro atoms. The van der Waals surface area contributed by atoms with Crippen LogP contribution in [0.5, 0.6) is 0 Å². The number of hydrogen-bond acceptors (Lipinski definition) is 2. The number of nitrogens with two attached hydrogens (primary N) is 1. The number of rotatable bonds is 3. The molecule has 3 nitrogen and oxygen atoms in total. The average Bonchev–Trinajstić information content (AvgIpc) is 2.44. The maximum atomic E-state index is 13.2. The monoisotopic (exact) mass is 318 g/mol. The summed E-state index contributed by atoms with van der Waals surface area (Å²) in [6.45, 7) is 0. The van der Waals surface area contributed by atoms with Gasteiger partial charge in [0, 0.05) is 11.7 Å². The lowest BCUT2D eigenvalue weighted by atomic mass is 9.82. The summed E-state index contributed by atoms with van der Waals surface area (Å²) in [5.41, 5.74) is 7.05. The molecule has 0 aliphatic heterocycles. The molecule has 0 radical (unpaired) electrons. The minimum Gasteiger partial charge on any atom is -0.399 e. The van der Waals surface area contributed by atoms with Crippen molar-refractivity contribution < 1.29 is 22.4 Å². The van der Waals surface area contributed by atoms with Crippen molar-refractivity contribution in [3.63, 3.8) is 0 Å². The van der Waals surface area contributed by atoms with Crippen LogP contribution < -0.4 is 11.1 Å². The third kappa shape index (κ3) is 4.35. The molecule has 3 N–H and O–H groups in total. The summed E-state index contributed by atoms with van der Waals surface area (Å²) in [6, 6.07) is 3.75. The van der Waals surface area contributed by atoms with Crippen molar-refractivity contribution >= 4 is 11.6 Å². The van der Waals surface area contributed by atoms with Gasteiger partial charge in [0.15, 0.2) is 0 Å². The Morgan fingerprint density at radius 2 is 1.86 bits per heavy atom. The fraction of sp³-hybridized carbons (Fsp3) is 0.533. The Balaban J connectivity index is 1.85. The van der Waals surface area contributed by atoms with Gasteiger partial charge in [-0.05, 0) is 61.8 Å². The molecule has 0 unspecified atom stereocenters. The van der Waals surface area contributed by atoms with Crippen LogP contribution in [0.2, 0.25) is 0 Å². The zero-order valence-corrected chi connectivity index (χ0v) is 11.9. The molecule has 22 heavy (non-hydrogen) atoms. The molecule has 1 aromatic rings. The highest BCUT2D eigenvalue weighted by atomic mass is 19.4. The standard InChI is InChI=1S/C15H18F4N2O/c16-11-3-6-13(20)10(8-11)7-9-1-4-12(5-2-9)21-14(22)15(17,18)19/h3,6,8-9,12H,1-2,4-5,7,20H2,(H,21,22)/t9-,12-. The van der Waals surface area contributed by atoms with E-state index < -0.39 is 18.1 Å². The number of hydrogen-bond donors (Lipinski definition) is 2. The first-order chi connectivity index (χ1) is 10.3. The third-order valence-electron chi connectivity index (χ3n) is 4.05. The van der Waals surface area contributed by atoms with Gasteiger partial charge in [-0.25, -0.2) is 4.39 Å². The Morgan fingerprint density at radius 3 is 2.45 bits per heavy atom. The van der Waals surface area contributed by atoms with E-state index in [1.807, 2.05) is 5.32 Å². The quantitative estimate of drug-likeness (QED) is 0.664. The molecule has 1 aliphatic carbocycles. The van der Waals surface area contributed by atoms with E-state index in [1.165, 1.54) is 18.2 Å². The summed E-state index contributed by atoms with van der Waals surface area (Å²) < 4.78 is 49.8. The van der Waals surface area contributed by atoms with Crippen molar-refractivity contribution in [2.45, 2.75) is 44.3 Å². The fourth-order valence-corrected chi connectivity index (χ4v) is 2.84. The van der Waals surface area contributed by atoms with Gasteiger partial charge in [0.2, 0.25) is 0 Å². The normalized spacial score (nSPS) is 22.4. The number of alkyl halides is 3. The molecule has 1 aromatic carbocycles. The molecule has 1 amide bonds. The van der Waals surface area contributed by atoms with Gasteiger partial charge in [-0.3, -0.25) is 4.79 Å². The predicted molar refractivity (Wildman–Crippen MR) is 74.5 cm³/mol. The summed E-state index contributed by atoms with van der Waals surface area (Å²) in [4.78, 5) is 10.9. The van der Waals surface area contributed by atoms with E-state index in [1.54, 1.807) is 0 Å². The van der Waals surface area contributed by atoms with Gasteiger partial charge in [0.25, 0.3) is 0 Å². The van der Waals surface area contributed by atoms with Gasteiger partial charge in [-0.15, -0.1) is 0 Å². The number of anilines is 1. The number of amides is 1. The first-order valence-corrected chi connectivity index (χ1v) is 7.17. The molecule has 0 saturated heterocycles. The van der Waals surface area contributed by atoms with Crippen LogP contribution in [0.3, 0.4) is 0 Å². The Morgan fingerprint density at radius 1 is 1.23 bits per heavy atom. The maximum Gasteiger partial charge on any atom is 0.471 e. The largest absolute Gasteiger partial charge is 0.471 e. The summed E-state index contributed by atoms with van der Waals surface area (Å²) in [7, 11) is 0. The summed E-state index contributed by atoms with van der Waals surface area (Å²) in [5, 5.41) is 2.02. The molecule has 1 fully saturated rings. The van der Waals surface area contributed by atoms with E-state index in [0.717, 1.165) is 5.56 Å². The maximum absolute atomic E-state index is 13.2. The number of carbonyl (C=O) groups excluding carboxylic acids is 1. The third-order valence-corrected chi connectivity index (χ3v) is 4.05. The first kappa shape index (κ1) is 16.6. The number of carbonyl (C=O) groups is 1. The van der Waals surface area contributed by atoms with E-state index in [0.29, 0.717) is 37.8 Å². The molecule has 0 atom stereocenters. The van der Waals surface area contributed by atoms with Crippen LogP contribution in [0.4, 0.5) is 23.2 Å². The Hall–Kier alpha value is -1.79. The number of benzene rings is 1. The van der Waals surface area contributed by atoms with Crippen LogP contribution in [0.25, 0.3) is 0 Å². The molecule has 1 saturated carbocycles. The second-order valence-electron chi connectivity index (χ2n) is 5.74. The Bertz CT molecular complexity index is 537. The van der Waals surface area contributed by atoms with Gasteiger partial charge in [0.1, 0.15) is 5.82 Å². The topological polar surface area (TPSA) is 55.1 Å². The predicted octanol–water partition coefficient (Wildman–Crippen LogP) is 3.19. The molecule has 1 aliphatic rings.